The molecule has 5 heteroatoms. The van der Waals surface area contributed by atoms with Crippen LogP contribution < -0.4 is 20.6 Å². The molecule has 300 valence electrons. The number of rotatable bonds is 4. The van der Waals surface area contributed by atoms with Gasteiger partial charge < -0.3 is 18.7 Å². The van der Waals surface area contributed by atoms with Crippen molar-refractivity contribution >= 4 is 79.0 Å². The third-order valence-electron chi connectivity index (χ3n) is 13.2. The summed E-state index contributed by atoms with van der Waals surface area (Å²) in [7, 11) is 0. The van der Waals surface area contributed by atoms with Crippen LogP contribution in [-0.2, 0) is 16.2 Å². The third kappa shape index (κ3) is 5.66. The summed E-state index contributed by atoms with van der Waals surface area (Å²) in [5.41, 5.74) is 17.8. The molecule has 0 bridgehead atoms. The van der Waals surface area contributed by atoms with E-state index in [9.17, 15) is 0 Å². The number of hydrogen-bond donors (Lipinski definition) is 0. The fraction of sp³-hybridized carbons (Fsp3) is 0.214. The zero-order chi connectivity index (χ0) is 42.2. The fourth-order valence-corrected chi connectivity index (χ4v) is 10.00. The van der Waals surface area contributed by atoms with Crippen molar-refractivity contribution in [3.05, 3.63) is 168 Å². The molecular weight excluding hydrogens is 741 g/mol. The number of fused-ring (bicyclic) bond motifs is 9. The number of para-hydroxylation sites is 3. The van der Waals surface area contributed by atoms with E-state index >= 15 is 0 Å². The lowest BCUT2D eigenvalue weighted by atomic mass is 9.44. The Hall–Kier alpha value is -6.46. The molecule has 9 aromatic rings. The molecule has 0 N–H and O–H groups in total. The van der Waals surface area contributed by atoms with Crippen LogP contribution in [0, 0.1) is 0 Å². The molecule has 0 atom stereocenters. The normalized spacial score (nSPS) is 13.6. The highest BCUT2D eigenvalue weighted by Gasteiger charge is 2.47. The predicted octanol–water partition coefficient (Wildman–Crippen LogP) is 14.1. The van der Waals surface area contributed by atoms with E-state index < -0.39 is 0 Å². The largest absolute Gasteiger partial charge is 0.454 e. The minimum atomic E-state index is -0.134. The molecule has 61 heavy (non-hydrogen) atoms. The number of hydrogen-bond acceptors (Lipinski definition) is 3. The van der Waals surface area contributed by atoms with E-state index in [-0.39, 0.29) is 23.1 Å². The van der Waals surface area contributed by atoms with Crippen LogP contribution in [0.5, 0.6) is 0 Å². The predicted molar refractivity (Wildman–Crippen MR) is 260 cm³/mol. The average molecular weight is 794 g/mol. The van der Waals surface area contributed by atoms with Crippen LogP contribution in [0.4, 0.5) is 28.4 Å². The maximum atomic E-state index is 7.06. The summed E-state index contributed by atoms with van der Waals surface area (Å²) in [4.78, 5) is 5.04. The van der Waals surface area contributed by atoms with Gasteiger partial charge in [-0.3, -0.25) is 0 Å². The molecule has 4 heterocycles. The molecule has 7 aromatic carbocycles. The Balaban J connectivity index is 1.32. The van der Waals surface area contributed by atoms with E-state index in [0.29, 0.717) is 0 Å². The molecule has 0 aliphatic carbocycles. The van der Waals surface area contributed by atoms with Gasteiger partial charge in [0.1, 0.15) is 5.58 Å². The first-order valence-electron chi connectivity index (χ1n) is 21.8. The maximum absolute atomic E-state index is 7.06. The van der Waals surface area contributed by atoms with Gasteiger partial charge in [-0.25, -0.2) is 0 Å². The Labute approximate surface area is 360 Å². The van der Waals surface area contributed by atoms with Gasteiger partial charge in [0.25, 0.3) is 0 Å². The molecule has 0 fully saturated rings. The lowest BCUT2D eigenvalue weighted by Gasteiger charge is -2.41. The van der Waals surface area contributed by atoms with Gasteiger partial charge in [0, 0.05) is 44.5 Å². The summed E-state index contributed by atoms with van der Waals surface area (Å²) in [5, 5.41) is 3.64. The highest BCUT2D eigenvalue weighted by molar-refractivity contribution is 6.94. The highest BCUT2D eigenvalue weighted by Crippen LogP contribution is 2.51. The van der Waals surface area contributed by atoms with Gasteiger partial charge in [0.2, 0.25) is 0 Å². The summed E-state index contributed by atoms with van der Waals surface area (Å²) >= 11 is 0. The Morgan fingerprint density at radius 3 is 1.79 bits per heavy atom. The number of anilines is 5. The van der Waals surface area contributed by atoms with Crippen LogP contribution in [0.1, 0.15) is 79.0 Å². The molecule has 0 radical (unpaired) electrons. The van der Waals surface area contributed by atoms with Gasteiger partial charge in [-0.15, -0.1) is 0 Å². The Bertz CT molecular complexity index is 3150. The van der Waals surface area contributed by atoms with Crippen LogP contribution >= 0.6 is 0 Å². The van der Waals surface area contributed by atoms with Crippen molar-refractivity contribution in [2.45, 2.75) is 78.6 Å². The summed E-state index contributed by atoms with van der Waals surface area (Å²) in [6, 6.07) is 56.5. The molecule has 11 rings (SSSR count). The van der Waals surface area contributed by atoms with E-state index in [2.05, 4.69) is 228 Å². The minimum Gasteiger partial charge on any atom is -0.454 e. The van der Waals surface area contributed by atoms with Crippen molar-refractivity contribution in [1.82, 2.24) is 4.57 Å². The van der Waals surface area contributed by atoms with Crippen molar-refractivity contribution in [2.24, 2.45) is 0 Å². The van der Waals surface area contributed by atoms with Crippen LogP contribution in [-0.4, -0.2) is 11.4 Å². The first kappa shape index (κ1) is 37.5. The molecule has 4 nitrogen and oxygen atoms in total. The van der Waals surface area contributed by atoms with E-state index in [1.807, 2.05) is 0 Å². The zero-order valence-electron chi connectivity index (χ0n) is 36.8. The SMILES string of the molecule is CC(C)(C)c1ccc(N2B3c4c(cc(C(C)(C)C)cc4-n4c5ccc(C(C)(C)C)cc5c5c(N(c6ccccc6)c6ccccc6)ccc3c54)-c3oc4ccccc4c32)cc1. The highest BCUT2D eigenvalue weighted by atomic mass is 16.3. The average Bonchev–Trinajstić information content (AvgIpc) is 3.80. The van der Waals surface area contributed by atoms with Gasteiger partial charge in [-0.2, -0.15) is 0 Å². The summed E-state index contributed by atoms with van der Waals surface area (Å²) < 4.78 is 9.66. The monoisotopic (exact) mass is 793 g/mol. The molecular formula is C56H52BN3O. The maximum Gasteiger partial charge on any atom is 0.333 e. The van der Waals surface area contributed by atoms with Crippen LogP contribution in [0.15, 0.2) is 156 Å². The standard InChI is InChI=1S/C56H52BN3O/c1-54(2,3)35-24-27-40(28-25-35)60-51-41-22-16-17-23-48(41)61-53(51)43-33-37(56(7,8)9)34-47-50(43)57(60)44-29-31-46(58(38-18-12-10-13-19-38)39-20-14-11-15-21-39)49-42-32-36(55(4,5)6)26-30-45(42)59(47)52(44)49/h10-34H,1-9H3. The third-order valence-corrected chi connectivity index (χ3v) is 13.2. The summed E-state index contributed by atoms with van der Waals surface area (Å²) in [5.74, 6) is 0.932. The second kappa shape index (κ2) is 13.0. The summed E-state index contributed by atoms with van der Waals surface area (Å²) in [6.45, 7) is 20.7. The first-order chi connectivity index (χ1) is 29.2. The number of aromatic nitrogens is 1. The lowest BCUT2D eigenvalue weighted by Crippen LogP contribution is -2.60. The number of furan rings is 1. The van der Waals surface area contributed by atoms with Gasteiger partial charge >= 0.3 is 6.85 Å². The molecule has 0 saturated carbocycles. The number of benzene rings is 7. The molecule has 2 aromatic heterocycles. The van der Waals surface area contributed by atoms with Crippen LogP contribution in [0.25, 0.3) is 49.8 Å². The van der Waals surface area contributed by atoms with Crippen molar-refractivity contribution in [3.63, 3.8) is 0 Å². The fourth-order valence-electron chi connectivity index (χ4n) is 10.00. The van der Waals surface area contributed by atoms with Crippen molar-refractivity contribution in [1.29, 1.82) is 0 Å². The first-order valence-corrected chi connectivity index (χ1v) is 21.8. The Kier molecular flexibility index (Phi) is 8.01. The second-order valence-electron chi connectivity index (χ2n) is 20.3. The Morgan fingerprint density at radius 1 is 0.541 bits per heavy atom. The molecule has 2 aliphatic heterocycles. The van der Waals surface area contributed by atoms with E-state index in [0.717, 1.165) is 45.2 Å². The van der Waals surface area contributed by atoms with E-state index in [1.165, 1.54) is 60.7 Å². The topological polar surface area (TPSA) is 24.6 Å². The molecule has 2 aliphatic rings. The molecule has 0 saturated heterocycles. The summed E-state index contributed by atoms with van der Waals surface area (Å²) in [6.07, 6.45) is 0. The van der Waals surface area contributed by atoms with Gasteiger partial charge in [0.15, 0.2) is 5.76 Å². The van der Waals surface area contributed by atoms with E-state index in [1.54, 1.807) is 0 Å². The molecule has 0 spiro atoms. The molecule has 0 amide bonds. The second-order valence-corrected chi connectivity index (χ2v) is 20.3. The van der Waals surface area contributed by atoms with Gasteiger partial charge in [-0.1, -0.05) is 135 Å². The lowest BCUT2D eigenvalue weighted by molar-refractivity contribution is 0.589. The van der Waals surface area contributed by atoms with Crippen LogP contribution in [0.3, 0.4) is 0 Å². The zero-order valence-corrected chi connectivity index (χ0v) is 36.8. The van der Waals surface area contributed by atoms with Crippen molar-refractivity contribution in [3.8, 4) is 17.0 Å². The number of nitrogens with zero attached hydrogens (tertiary/aromatic N) is 3. The smallest absolute Gasteiger partial charge is 0.333 e. The van der Waals surface area contributed by atoms with Gasteiger partial charge in [-0.05, 0) is 123 Å². The molecule has 0 unspecified atom stereocenters. The quantitative estimate of drug-likeness (QED) is 0.166. The van der Waals surface area contributed by atoms with Gasteiger partial charge in [0.05, 0.1) is 22.4 Å². The minimum absolute atomic E-state index is 0.0279. The van der Waals surface area contributed by atoms with E-state index in [4.69, 9.17) is 4.42 Å². The van der Waals surface area contributed by atoms with Crippen molar-refractivity contribution in [2.75, 3.05) is 9.71 Å². The van der Waals surface area contributed by atoms with Crippen molar-refractivity contribution < 1.29 is 4.42 Å². The Morgan fingerprint density at radius 2 is 1.15 bits per heavy atom. The van der Waals surface area contributed by atoms with Crippen LogP contribution in [0.2, 0.25) is 0 Å².